The Morgan fingerprint density at radius 3 is 1.48 bits per heavy atom. The smallest absolute Gasteiger partial charge is 0.302 e. The van der Waals surface area contributed by atoms with Crippen LogP contribution < -0.4 is 10.1 Å². The van der Waals surface area contributed by atoms with E-state index in [2.05, 4.69) is 5.32 Å². The van der Waals surface area contributed by atoms with Crippen LogP contribution >= 0.6 is 0 Å². The van der Waals surface area contributed by atoms with E-state index in [9.17, 15) is 9.59 Å². The number of amides is 1. The van der Waals surface area contributed by atoms with Crippen LogP contribution in [0.4, 0.5) is 0 Å². The van der Waals surface area contributed by atoms with Gasteiger partial charge >= 0.3 is 5.97 Å². The van der Waals surface area contributed by atoms with Gasteiger partial charge < -0.3 is 47.9 Å². The molecule has 0 aromatic heterocycles. The van der Waals surface area contributed by atoms with Gasteiger partial charge in [-0.15, -0.1) is 0 Å². The second kappa shape index (κ2) is 27.0. The molecule has 2 heterocycles. The Balaban J connectivity index is 1.10. The fraction of sp³-hybridized carbons (Fsp3) is 0.286. The molecule has 387 valence electrons. The number of carbonyl (C=O) groups is 2. The fourth-order valence-corrected chi connectivity index (χ4v) is 9.51. The molecule has 1 amide bonds. The first-order valence-electron chi connectivity index (χ1n) is 25.5. The monoisotopic (exact) mass is 1010 g/mol. The van der Waals surface area contributed by atoms with Crippen LogP contribution in [0.15, 0.2) is 200 Å². The summed E-state index contributed by atoms with van der Waals surface area (Å²) in [4.78, 5) is 25.2. The number of rotatable bonds is 23. The summed E-state index contributed by atoms with van der Waals surface area (Å²) in [5, 5.41) is 2.70. The van der Waals surface area contributed by atoms with E-state index in [1.165, 1.54) is 6.92 Å². The van der Waals surface area contributed by atoms with Crippen molar-refractivity contribution < 1.29 is 52.2 Å². The highest BCUT2D eigenvalue weighted by atomic mass is 16.7. The Labute approximate surface area is 439 Å². The standard InChI is InChI=1S/C63H64NO11/c1-44(65)67-43-57-58(70-38-46-21-10-4-11-22-46)54(59(71-39-47-23-12-5-13-24-47)63(75-57)74-53-33-31-50(32-34-53)51-29-18-30-52(35-51)62(66)64-2)36-55-60(72-40-48-25-14-6-15-26-48)61(73-41-49-27-16-7-17-28-49)56(42-69-55)68-37-45-19-8-3-9-20-45/h3-35,42,54-61,63H,36-41,43H2,1-2H3,(H,64,66)/t54-,55+,56+,57+,58-,59-,60+,61+,63-/m0/s1. The van der Waals surface area contributed by atoms with Gasteiger partial charge in [-0.1, -0.05) is 176 Å². The molecule has 0 unspecified atom stereocenters. The van der Waals surface area contributed by atoms with E-state index in [4.69, 9.17) is 42.6 Å². The van der Waals surface area contributed by atoms with Crippen molar-refractivity contribution >= 4 is 11.9 Å². The lowest BCUT2D eigenvalue weighted by atomic mass is 9.81. The maximum Gasteiger partial charge on any atom is 0.302 e. The molecule has 12 nitrogen and oxygen atoms in total. The quantitative estimate of drug-likeness (QED) is 0.0615. The van der Waals surface area contributed by atoms with Crippen LogP contribution in [0, 0.1) is 12.5 Å². The second-order valence-corrected chi connectivity index (χ2v) is 18.7. The third-order valence-corrected chi connectivity index (χ3v) is 13.4. The largest absolute Gasteiger partial charge is 0.463 e. The third kappa shape index (κ3) is 14.9. The average molecular weight is 1010 g/mol. The molecular formula is C63H64NO11. The predicted octanol–water partition coefficient (Wildman–Crippen LogP) is 10.9. The Morgan fingerprint density at radius 2 is 0.973 bits per heavy atom. The predicted molar refractivity (Wildman–Crippen MR) is 284 cm³/mol. The summed E-state index contributed by atoms with van der Waals surface area (Å²) in [5.74, 6) is -0.672. The molecule has 2 fully saturated rings. The molecule has 12 heteroatoms. The van der Waals surface area contributed by atoms with Gasteiger partial charge in [0.2, 0.25) is 6.29 Å². The molecule has 0 bridgehead atoms. The van der Waals surface area contributed by atoms with Crippen LogP contribution in [0.25, 0.3) is 11.1 Å². The van der Waals surface area contributed by atoms with E-state index >= 15 is 0 Å². The van der Waals surface area contributed by atoms with Crippen molar-refractivity contribution in [3.8, 4) is 16.9 Å². The Bertz CT molecular complexity index is 2810. The number of hydrogen-bond acceptors (Lipinski definition) is 11. The van der Waals surface area contributed by atoms with Crippen molar-refractivity contribution in [1.29, 1.82) is 0 Å². The van der Waals surface area contributed by atoms with Gasteiger partial charge in [-0.3, -0.25) is 9.59 Å². The number of nitrogens with one attached hydrogen (secondary N) is 1. The fourth-order valence-electron chi connectivity index (χ4n) is 9.51. The molecule has 1 radical (unpaired) electrons. The Kier molecular flexibility index (Phi) is 19.0. The van der Waals surface area contributed by atoms with Crippen molar-refractivity contribution in [2.45, 2.75) is 95.4 Å². The number of benzene rings is 7. The second-order valence-electron chi connectivity index (χ2n) is 18.7. The first-order chi connectivity index (χ1) is 36.9. The number of hydrogen-bond donors (Lipinski definition) is 1. The SMILES string of the molecule is CNC(=O)c1cccc(-c2ccc(O[C@H]3O[C@H](COC(C)=O)[C@@H](OCc4ccccc4)[C@H](C[C@H]4O[CH][C@@H](OCc5ccccc5)[C@@H](OCc5ccccc5)[C@@H]4OCc4ccccc4)[C@@H]3OCc3ccccc3)cc2)c1. The summed E-state index contributed by atoms with van der Waals surface area (Å²) in [6.07, 6.45) is -5.69. The molecule has 7 aromatic rings. The van der Waals surface area contributed by atoms with E-state index in [1.54, 1.807) is 19.7 Å². The first-order valence-corrected chi connectivity index (χ1v) is 25.5. The van der Waals surface area contributed by atoms with E-state index in [-0.39, 0.29) is 32.3 Å². The minimum Gasteiger partial charge on any atom is -0.463 e. The molecule has 2 aliphatic rings. The van der Waals surface area contributed by atoms with Crippen LogP contribution in [0.5, 0.6) is 5.75 Å². The van der Waals surface area contributed by atoms with Gasteiger partial charge in [-0.2, -0.15) is 0 Å². The minimum absolute atomic E-state index is 0.124. The highest BCUT2D eigenvalue weighted by molar-refractivity contribution is 5.95. The summed E-state index contributed by atoms with van der Waals surface area (Å²) in [6, 6.07) is 64.9. The first kappa shape index (κ1) is 52.8. The van der Waals surface area contributed by atoms with Crippen molar-refractivity contribution in [1.82, 2.24) is 5.32 Å². The molecule has 0 aliphatic carbocycles. The molecule has 1 N–H and O–H groups in total. The van der Waals surface area contributed by atoms with Gasteiger partial charge in [0.25, 0.3) is 5.91 Å². The van der Waals surface area contributed by atoms with E-state index in [0.717, 1.165) is 38.9 Å². The van der Waals surface area contributed by atoms with E-state index < -0.39 is 60.9 Å². The van der Waals surface area contributed by atoms with Crippen LogP contribution in [0.3, 0.4) is 0 Å². The molecule has 2 aliphatic heterocycles. The molecule has 0 saturated carbocycles. The topological polar surface area (TPSA) is 129 Å². The van der Waals surface area contributed by atoms with E-state index in [1.807, 2.05) is 194 Å². The zero-order valence-corrected chi connectivity index (χ0v) is 42.3. The third-order valence-electron chi connectivity index (χ3n) is 13.4. The zero-order valence-electron chi connectivity index (χ0n) is 42.3. The molecule has 75 heavy (non-hydrogen) atoms. The Morgan fingerprint density at radius 1 is 0.493 bits per heavy atom. The van der Waals surface area contributed by atoms with Crippen molar-refractivity contribution in [2.24, 2.45) is 5.92 Å². The molecule has 9 rings (SSSR count). The molecule has 2 saturated heterocycles. The van der Waals surface area contributed by atoms with Crippen LogP contribution in [0.1, 0.15) is 51.5 Å². The summed E-state index contributed by atoms with van der Waals surface area (Å²) in [6.45, 7) is 4.31. The maximum atomic E-state index is 12.6. The molecular weight excluding hydrogens is 947 g/mol. The average Bonchev–Trinajstić information content (AvgIpc) is 3.46. The summed E-state index contributed by atoms with van der Waals surface area (Å²) in [5.41, 5.74) is 7.18. The van der Waals surface area contributed by atoms with Crippen molar-refractivity contribution in [2.75, 3.05) is 13.7 Å². The molecule has 9 atom stereocenters. The van der Waals surface area contributed by atoms with Crippen LogP contribution in [-0.4, -0.2) is 74.5 Å². The molecule has 7 aromatic carbocycles. The van der Waals surface area contributed by atoms with Crippen molar-refractivity contribution in [3.05, 3.63) is 240 Å². The maximum absolute atomic E-state index is 12.6. The van der Waals surface area contributed by atoms with Gasteiger partial charge in [0.15, 0.2) is 0 Å². The van der Waals surface area contributed by atoms with Gasteiger partial charge in [-0.25, -0.2) is 0 Å². The number of esters is 1. The van der Waals surface area contributed by atoms with Crippen LogP contribution in [-0.2, 0) is 75.7 Å². The summed E-state index contributed by atoms with van der Waals surface area (Å²) in [7, 11) is 1.61. The number of ether oxygens (including phenoxy) is 9. The normalized spacial score (nSPS) is 22.5. The lowest BCUT2D eigenvalue weighted by molar-refractivity contribution is -0.294. The minimum atomic E-state index is -1.04. The van der Waals surface area contributed by atoms with Crippen molar-refractivity contribution in [3.63, 3.8) is 0 Å². The summed E-state index contributed by atoms with van der Waals surface area (Å²) >= 11 is 0. The Hall–Kier alpha value is -7.00. The zero-order chi connectivity index (χ0) is 51.6. The molecule has 0 spiro atoms. The lowest BCUT2D eigenvalue weighted by Crippen LogP contribution is -2.61. The highest BCUT2D eigenvalue weighted by Gasteiger charge is 2.53. The highest BCUT2D eigenvalue weighted by Crippen LogP contribution is 2.40. The van der Waals surface area contributed by atoms with Gasteiger partial charge in [0.05, 0.1) is 45.2 Å². The van der Waals surface area contributed by atoms with Crippen LogP contribution in [0.2, 0.25) is 0 Å². The lowest BCUT2D eigenvalue weighted by Gasteiger charge is -2.49. The van der Waals surface area contributed by atoms with Gasteiger partial charge in [-0.05, 0) is 69.6 Å². The number of carbonyl (C=O) groups excluding carboxylic acids is 2. The van der Waals surface area contributed by atoms with Gasteiger partial charge in [0, 0.05) is 25.5 Å². The summed E-state index contributed by atoms with van der Waals surface area (Å²) < 4.78 is 61.3. The van der Waals surface area contributed by atoms with E-state index in [0.29, 0.717) is 30.9 Å². The van der Waals surface area contributed by atoms with Gasteiger partial charge in [0.1, 0.15) is 49.5 Å².